The second kappa shape index (κ2) is 3.70. The summed E-state index contributed by atoms with van der Waals surface area (Å²) in [5.41, 5.74) is 3.60. The van der Waals surface area contributed by atoms with Gasteiger partial charge in [0, 0.05) is 16.0 Å². The monoisotopic (exact) mass is 304 g/mol. The van der Waals surface area contributed by atoms with Gasteiger partial charge in [0.05, 0.1) is 11.7 Å². The number of fused-ring (bicyclic) bond motifs is 3. The van der Waals surface area contributed by atoms with Crippen LogP contribution in [0.3, 0.4) is 0 Å². The molecule has 0 saturated carbocycles. The maximum atomic E-state index is 6.35. The smallest absolute Gasteiger partial charge is 0.281 e. The van der Waals surface area contributed by atoms with Crippen LogP contribution in [0.1, 0.15) is 5.56 Å². The fraction of sp³-hybridized carbons (Fsp3) is 0.167. The molecule has 0 amide bonds. The lowest BCUT2D eigenvalue weighted by Crippen LogP contribution is -2.51. The number of aromatic nitrogens is 2. The predicted molar refractivity (Wildman–Crippen MR) is 92.7 cm³/mol. The summed E-state index contributed by atoms with van der Waals surface area (Å²) in [6, 6.07) is 13.0. The Morgan fingerprint density at radius 2 is 1.82 bits per heavy atom. The van der Waals surface area contributed by atoms with Gasteiger partial charge in [0.1, 0.15) is 5.65 Å². The van der Waals surface area contributed by atoms with Gasteiger partial charge in [0.25, 0.3) is 8.32 Å². The van der Waals surface area contributed by atoms with Gasteiger partial charge >= 0.3 is 0 Å². The summed E-state index contributed by atoms with van der Waals surface area (Å²) < 4.78 is 8.56. The first-order chi connectivity index (χ1) is 10.6. The van der Waals surface area contributed by atoms with Gasteiger partial charge in [-0.05, 0) is 31.0 Å². The number of aryl methyl sites for hydroxylation is 1. The maximum Gasteiger partial charge on any atom is 0.281 e. The van der Waals surface area contributed by atoms with E-state index >= 15 is 0 Å². The van der Waals surface area contributed by atoms with Crippen molar-refractivity contribution in [1.29, 1.82) is 0 Å². The number of imidazole rings is 1. The van der Waals surface area contributed by atoms with Crippen molar-refractivity contribution >= 4 is 40.8 Å². The average Bonchev–Trinajstić information content (AvgIpc) is 2.90. The van der Waals surface area contributed by atoms with Crippen LogP contribution in [0.2, 0.25) is 13.1 Å². The van der Waals surface area contributed by atoms with Gasteiger partial charge in [-0.2, -0.15) is 0 Å². The van der Waals surface area contributed by atoms with Gasteiger partial charge in [-0.15, -0.1) is 0 Å². The van der Waals surface area contributed by atoms with Crippen LogP contribution in [0.4, 0.5) is 0 Å². The number of nitrogens with zero attached hydrogens (tertiary/aromatic N) is 2. The molecule has 0 N–H and O–H groups in total. The fourth-order valence-corrected chi connectivity index (χ4v) is 5.85. The highest BCUT2D eigenvalue weighted by Crippen LogP contribution is 2.36. The number of hydrogen-bond donors (Lipinski definition) is 0. The van der Waals surface area contributed by atoms with Gasteiger partial charge in [-0.25, -0.2) is 4.98 Å². The summed E-state index contributed by atoms with van der Waals surface area (Å²) >= 11 is 0. The lowest BCUT2D eigenvalue weighted by Gasteiger charge is -2.31. The van der Waals surface area contributed by atoms with Gasteiger partial charge in [-0.3, -0.25) is 4.40 Å². The van der Waals surface area contributed by atoms with E-state index in [0.29, 0.717) is 0 Å². The van der Waals surface area contributed by atoms with Crippen LogP contribution < -0.4 is 9.61 Å². The van der Waals surface area contributed by atoms with Crippen molar-refractivity contribution in [3.63, 3.8) is 0 Å². The van der Waals surface area contributed by atoms with E-state index < -0.39 is 8.32 Å². The van der Waals surface area contributed by atoms with Crippen molar-refractivity contribution in [3.8, 4) is 5.88 Å². The molecule has 0 radical (unpaired) electrons. The van der Waals surface area contributed by atoms with E-state index in [2.05, 4.69) is 65.8 Å². The molecule has 0 fully saturated rings. The Morgan fingerprint density at radius 3 is 2.64 bits per heavy atom. The van der Waals surface area contributed by atoms with Crippen LogP contribution in [0.25, 0.3) is 27.3 Å². The zero-order valence-electron chi connectivity index (χ0n) is 12.8. The number of hydrogen-bond acceptors (Lipinski definition) is 2. The van der Waals surface area contributed by atoms with Gasteiger partial charge in [0.2, 0.25) is 5.88 Å². The molecule has 3 nitrogen and oxygen atoms in total. The van der Waals surface area contributed by atoms with E-state index in [9.17, 15) is 0 Å². The Labute approximate surface area is 129 Å². The molecule has 4 aromatic rings. The summed E-state index contributed by atoms with van der Waals surface area (Å²) in [5.74, 6) is 0.889. The topological polar surface area (TPSA) is 26.5 Å². The molecule has 2 aromatic carbocycles. The largest absolute Gasteiger partial charge is 0.526 e. The third kappa shape index (κ3) is 1.29. The van der Waals surface area contributed by atoms with Crippen LogP contribution in [0, 0.1) is 6.92 Å². The second-order valence-corrected chi connectivity index (χ2v) is 10.3. The molecule has 0 aliphatic carbocycles. The standard InChI is InChI=1S/C18H16N2OSi/c1-11-8-9-14-17-16(11)12-6-4-5-7-13(12)18-19-10-15(20(17)18)21-22(14,2)3/h4-10H,1-3H3. The summed E-state index contributed by atoms with van der Waals surface area (Å²) in [6.45, 7) is 6.71. The summed E-state index contributed by atoms with van der Waals surface area (Å²) in [6.07, 6.45) is 1.88. The van der Waals surface area contributed by atoms with Crippen molar-refractivity contribution in [2.45, 2.75) is 20.0 Å². The molecule has 0 saturated heterocycles. The van der Waals surface area contributed by atoms with E-state index in [1.54, 1.807) is 0 Å². The van der Waals surface area contributed by atoms with Crippen LogP contribution in [0.5, 0.6) is 5.88 Å². The molecule has 108 valence electrons. The minimum atomic E-state index is -1.95. The van der Waals surface area contributed by atoms with Gasteiger partial charge < -0.3 is 4.43 Å². The molecule has 2 aromatic heterocycles. The van der Waals surface area contributed by atoms with E-state index in [4.69, 9.17) is 4.43 Å². The third-order valence-electron chi connectivity index (χ3n) is 4.78. The second-order valence-electron chi connectivity index (χ2n) is 6.57. The van der Waals surface area contributed by atoms with Crippen molar-refractivity contribution in [2.24, 2.45) is 0 Å². The Kier molecular flexibility index (Phi) is 2.06. The molecule has 0 unspecified atom stereocenters. The first-order valence-corrected chi connectivity index (χ1v) is 10.5. The highest BCUT2D eigenvalue weighted by Gasteiger charge is 2.36. The predicted octanol–water partition coefficient (Wildman–Crippen LogP) is 3.75. The minimum absolute atomic E-state index is 0.889. The SMILES string of the molecule is Cc1ccc2c3c1c1ccccc1c1ncc(n13)O[Si]2(C)C. The Bertz CT molecular complexity index is 1090. The summed E-state index contributed by atoms with van der Waals surface area (Å²) in [7, 11) is -1.95. The highest BCUT2D eigenvalue weighted by molar-refractivity contribution is 6.87. The van der Waals surface area contributed by atoms with Crippen LogP contribution in [-0.4, -0.2) is 17.7 Å². The zero-order valence-corrected chi connectivity index (χ0v) is 13.8. The van der Waals surface area contributed by atoms with Crippen LogP contribution >= 0.6 is 0 Å². The molecule has 1 aliphatic rings. The average molecular weight is 304 g/mol. The molecule has 5 rings (SSSR count). The molecule has 3 heterocycles. The first kappa shape index (κ1) is 12.2. The molecule has 4 heteroatoms. The lowest BCUT2D eigenvalue weighted by molar-refractivity contribution is 0.532. The van der Waals surface area contributed by atoms with E-state index in [1.807, 2.05) is 6.20 Å². The minimum Gasteiger partial charge on any atom is -0.526 e. The molecular formula is C18H16N2OSi. The molecule has 0 spiro atoms. The Hall–Kier alpha value is -2.33. The van der Waals surface area contributed by atoms with Crippen molar-refractivity contribution < 1.29 is 4.43 Å². The normalized spacial score (nSPS) is 15.8. The highest BCUT2D eigenvalue weighted by atomic mass is 28.4. The number of rotatable bonds is 0. The zero-order chi connectivity index (χ0) is 15.1. The van der Waals surface area contributed by atoms with E-state index in [1.165, 1.54) is 32.4 Å². The Morgan fingerprint density at radius 1 is 1.05 bits per heavy atom. The molecule has 22 heavy (non-hydrogen) atoms. The van der Waals surface area contributed by atoms with Gasteiger partial charge in [-0.1, -0.05) is 36.4 Å². The quantitative estimate of drug-likeness (QED) is 0.365. The maximum absolute atomic E-state index is 6.35. The summed E-state index contributed by atoms with van der Waals surface area (Å²) in [5, 5.41) is 5.16. The van der Waals surface area contributed by atoms with Crippen molar-refractivity contribution in [3.05, 3.63) is 48.2 Å². The van der Waals surface area contributed by atoms with Gasteiger partial charge in [0.15, 0.2) is 0 Å². The van der Waals surface area contributed by atoms with Crippen molar-refractivity contribution in [2.75, 3.05) is 0 Å². The van der Waals surface area contributed by atoms with Crippen molar-refractivity contribution in [1.82, 2.24) is 9.38 Å². The number of benzene rings is 2. The van der Waals surface area contributed by atoms with E-state index in [-0.39, 0.29) is 0 Å². The third-order valence-corrected chi connectivity index (χ3v) is 7.21. The van der Waals surface area contributed by atoms with Crippen LogP contribution in [-0.2, 0) is 0 Å². The van der Waals surface area contributed by atoms with E-state index in [0.717, 1.165) is 11.5 Å². The Balaban J connectivity index is 2.24. The molecular weight excluding hydrogens is 288 g/mol. The summed E-state index contributed by atoms with van der Waals surface area (Å²) in [4.78, 5) is 4.66. The first-order valence-electron chi connectivity index (χ1n) is 7.59. The number of pyridine rings is 1. The molecule has 0 bridgehead atoms. The van der Waals surface area contributed by atoms with Crippen LogP contribution in [0.15, 0.2) is 42.6 Å². The lowest BCUT2D eigenvalue weighted by atomic mass is 10.0. The molecule has 0 atom stereocenters. The molecule has 1 aliphatic heterocycles. The fourth-order valence-electron chi connectivity index (χ4n) is 3.78.